The van der Waals surface area contributed by atoms with Crippen LogP contribution in [0.2, 0.25) is 0 Å². The molecule has 0 spiro atoms. The third kappa shape index (κ3) is 2.91. The summed E-state index contributed by atoms with van der Waals surface area (Å²) in [5.41, 5.74) is 12.5. The number of carbonyl (C=O) groups is 2. The van der Waals surface area contributed by atoms with Crippen molar-refractivity contribution in [2.45, 2.75) is 18.9 Å². The minimum atomic E-state index is -0.695. The van der Waals surface area contributed by atoms with E-state index >= 15 is 0 Å². The fourth-order valence-electron chi connectivity index (χ4n) is 2.32. The zero-order valence-electron chi connectivity index (χ0n) is 11.4. The minimum absolute atomic E-state index is 0.136. The third-order valence-electron chi connectivity index (χ3n) is 3.52. The van der Waals surface area contributed by atoms with Gasteiger partial charge in [-0.25, -0.2) is 0 Å². The molecule has 1 aliphatic rings. The van der Waals surface area contributed by atoms with E-state index in [1.54, 1.807) is 25.1 Å². The number of nitrogen functional groups attached to an aromatic ring is 1. The lowest BCUT2D eigenvalue weighted by molar-refractivity contribution is -0.148. The molecule has 1 aromatic carbocycles. The Hall–Kier alpha value is -2.08. The molecule has 4 N–H and O–H groups in total. The number of anilines is 1. The Balaban J connectivity index is 2.18. The summed E-state index contributed by atoms with van der Waals surface area (Å²) in [5, 5.41) is 0. The molecule has 1 saturated heterocycles. The highest BCUT2D eigenvalue weighted by molar-refractivity contribution is 5.90. The van der Waals surface area contributed by atoms with E-state index in [1.807, 2.05) is 6.07 Å². The van der Waals surface area contributed by atoms with Crippen molar-refractivity contribution in [2.75, 3.05) is 25.5 Å². The van der Waals surface area contributed by atoms with Gasteiger partial charge in [-0.15, -0.1) is 0 Å². The Bertz CT molecular complexity index is 518. The highest BCUT2D eigenvalue weighted by atomic mass is 16.5. The molecular weight excluding hydrogens is 258 g/mol. The summed E-state index contributed by atoms with van der Waals surface area (Å²) < 4.78 is 5.21. The first-order chi connectivity index (χ1) is 9.50. The SMILES string of the molecule is CC(C(=O)N1CCOCC1C(N)=O)c1cccc(N)c1. The predicted octanol–water partition coefficient (Wildman–Crippen LogP) is 0.0850. The van der Waals surface area contributed by atoms with Crippen LogP contribution in [-0.4, -0.2) is 42.5 Å². The summed E-state index contributed by atoms with van der Waals surface area (Å²) in [5.74, 6) is -1.06. The number of hydrogen-bond acceptors (Lipinski definition) is 4. The van der Waals surface area contributed by atoms with E-state index in [4.69, 9.17) is 16.2 Å². The highest BCUT2D eigenvalue weighted by Crippen LogP contribution is 2.22. The van der Waals surface area contributed by atoms with Gasteiger partial charge < -0.3 is 21.1 Å². The fraction of sp³-hybridized carbons (Fsp3) is 0.429. The molecule has 108 valence electrons. The molecule has 0 aromatic heterocycles. The maximum absolute atomic E-state index is 12.5. The molecule has 2 unspecified atom stereocenters. The molecule has 2 atom stereocenters. The van der Waals surface area contributed by atoms with Crippen molar-refractivity contribution >= 4 is 17.5 Å². The lowest BCUT2D eigenvalue weighted by Gasteiger charge is -2.35. The first-order valence-electron chi connectivity index (χ1n) is 6.53. The van der Waals surface area contributed by atoms with Gasteiger partial charge in [0.15, 0.2) is 0 Å². The van der Waals surface area contributed by atoms with E-state index in [1.165, 1.54) is 4.90 Å². The van der Waals surface area contributed by atoms with Gasteiger partial charge in [0, 0.05) is 12.2 Å². The maximum atomic E-state index is 12.5. The quantitative estimate of drug-likeness (QED) is 0.765. The van der Waals surface area contributed by atoms with E-state index in [-0.39, 0.29) is 18.4 Å². The van der Waals surface area contributed by atoms with Crippen LogP contribution in [0, 0.1) is 0 Å². The largest absolute Gasteiger partial charge is 0.399 e. The first-order valence-corrected chi connectivity index (χ1v) is 6.53. The number of amides is 2. The number of morpholine rings is 1. The van der Waals surface area contributed by atoms with Gasteiger partial charge in [0.1, 0.15) is 6.04 Å². The molecule has 0 aliphatic carbocycles. The first kappa shape index (κ1) is 14.3. The van der Waals surface area contributed by atoms with Crippen LogP contribution in [0.15, 0.2) is 24.3 Å². The summed E-state index contributed by atoms with van der Waals surface area (Å²) in [6.45, 7) is 2.74. The summed E-state index contributed by atoms with van der Waals surface area (Å²) in [4.78, 5) is 25.5. The molecule has 20 heavy (non-hydrogen) atoms. The van der Waals surface area contributed by atoms with E-state index in [2.05, 4.69) is 0 Å². The molecular formula is C14H19N3O3. The molecule has 1 fully saturated rings. The van der Waals surface area contributed by atoms with Gasteiger partial charge in [-0.2, -0.15) is 0 Å². The molecule has 1 heterocycles. The van der Waals surface area contributed by atoms with Crippen LogP contribution in [-0.2, 0) is 14.3 Å². The Morgan fingerprint density at radius 3 is 2.85 bits per heavy atom. The van der Waals surface area contributed by atoms with Crippen LogP contribution >= 0.6 is 0 Å². The van der Waals surface area contributed by atoms with Gasteiger partial charge in [0.2, 0.25) is 11.8 Å². The Morgan fingerprint density at radius 1 is 1.45 bits per heavy atom. The summed E-state index contributed by atoms with van der Waals surface area (Å²) in [6, 6.07) is 6.49. The molecule has 1 aromatic rings. The fourth-order valence-corrected chi connectivity index (χ4v) is 2.32. The Morgan fingerprint density at radius 2 is 2.20 bits per heavy atom. The minimum Gasteiger partial charge on any atom is -0.399 e. The standard InChI is InChI=1S/C14H19N3O3/c1-9(10-3-2-4-11(15)7-10)14(19)17-5-6-20-8-12(17)13(16)18/h2-4,7,9,12H,5-6,8,15H2,1H3,(H2,16,18). The number of nitrogens with zero attached hydrogens (tertiary/aromatic N) is 1. The number of primary amides is 1. The molecule has 0 saturated carbocycles. The van der Waals surface area contributed by atoms with Gasteiger partial charge in [-0.1, -0.05) is 12.1 Å². The molecule has 2 rings (SSSR count). The van der Waals surface area contributed by atoms with Crippen LogP contribution in [0.25, 0.3) is 0 Å². The highest BCUT2D eigenvalue weighted by Gasteiger charge is 2.33. The van der Waals surface area contributed by atoms with E-state index in [0.717, 1.165) is 5.56 Å². The van der Waals surface area contributed by atoms with Crippen LogP contribution in [0.5, 0.6) is 0 Å². The van der Waals surface area contributed by atoms with Crippen molar-refractivity contribution in [3.63, 3.8) is 0 Å². The molecule has 0 bridgehead atoms. The predicted molar refractivity (Wildman–Crippen MR) is 74.8 cm³/mol. The molecule has 2 amide bonds. The topological polar surface area (TPSA) is 98.6 Å². The number of carbonyl (C=O) groups excluding carboxylic acids is 2. The van der Waals surface area contributed by atoms with E-state index in [9.17, 15) is 9.59 Å². The normalized spacial score (nSPS) is 20.4. The Kier molecular flexibility index (Phi) is 4.24. The average Bonchev–Trinajstić information content (AvgIpc) is 2.45. The summed E-state index contributed by atoms with van der Waals surface area (Å²) in [7, 11) is 0. The van der Waals surface area contributed by atoms with Crippen molar-refractivity contribution in [1.29, 1.82) is 0 Å². The smallest absolute Gasteiger partial charge is 0.242 e. The lowest BCUT2D eigenvalue weighted by Crippen LogP contribution is -2.55. The molecule has 1 aliphatic heterocycles. The second-order valence-corrected chi connectivity index (χ2v) is 4.92. The summed E-state index contributed by atoms with van der Waals surface area (Å²) >= 11 is 0. The monoisotopic (exact) mass is 277 g/mol. The number of hydrogen-bond donors (Lipinski definition) is 2. The number of benzene rings is 1. The van der Waals surface area contributed by atoms with Crippen molar-refractivity contribution in [3.05, 3.63) is 29.8 Å². The zero-order chi connectivity index (χ0) is 14.7. The number of nitrogens with two attached hydrogens (primary N) is 2. The lowest BCUT2D eigenvalue weighted by atomic mass is 9.98. The van der Waals surface area contributed by atoms with E-state index < -0.39 is 11.9 Å². The van der Waals surface area contributed by atoms with Gasteiger partial charge in [0.25, 0.3) is 0 Å². The maximum Gasteiger partial charge on any atom is 0.242 e. The second-order valence-electron chi connectivity index (χ2n) is 4.92. The zero-order valence-corrected chi connectivity index (χ0v) is 11.4. The van der Waals surface area contributed by atoms with Crippen LogP contribution in [0.1, 0.15) is 18.4 Å². The van der Waals surface area contributed by atoms with Gasteiger partial charge in [-0.05, 0) is 24.6 Å². The molecule has 6 nitrogen and oxygen atoms in total. The van der Waals surface area contributed by atoms with Gasteiger partial charge >= 0.3 is 0 Å². The van der Waals surface area contributed by atoms with E-state index in [0.29, 0.717) is 18.8 Å². The van der Waals surface area contributed by atoms with Crippen molar-refractivity contribution in [3.8, 4) is 0 Å². The third-order valence-corrected chi connectivity index (χ3v) is 3.52. The van der Waals surface area contributed by atoms with Gasteiger partial charge in [0.05, 0.1) is 19.1 Å². The Labute approximate surface area is 117 Å². The molecule has 6 heteroatoms. The van der Waals surface area contributed by atoms with Gasteiger partial charge in [-0.3, -0.25) is 9.59 Å². The van der Waals surface area contributed by atoms with Crippen molar-refractivity contribution in [1.82, 2.24) is 4.90 Å². The number of ether oxygens (including phenoxy) is 1. The molecule has 0 radical (unpaired) electrons. The number of rotatable bonds is 3. The average molecular weight is 277 g/mol. The van der Waals surface area contributed by atoms with Crippen LogP contribution < -0.4 is 11.5 Å². The second kappa shape index (κ2) is 5.92. The van der Waals surface area contributed by atoms with Crippen molar-refractivity contribution in [2.24, 2.45) is 5.73 Å². The van der Waals surface area contributed by atoms with Crippen molar-refractivity contribution < 1.29 is 14.3 Å². The summed E-state index contributed by atoms with van der Waals surface area (Å²) in [6.07, 6.45) is 0. The van der Waals surface area contributed by atoms with Crippen LogP contribution in [0.4, 0.5) is 5.69 Å². The van der Waals surface area contributed by atoms with Crippen LogP contribution in [0.3, 0.4) is 0 Å².